The minimum Gasteiger partial charge on any atom is -0.416 e. The minimum atomic E-state index is -1.69. The summed E-state index contributed by atoms with van der Waals surface area (Å²) in [6.07, 6.45) is 10.2. The van der Waals surface area contributed by atoms with Crippen LogP contribution in [0.5, 0.6) is 0 Å². The Morgan fingerprint density at radius 1 is 1.21 bits per heavy atom. The van der Waals surface area contributed by atoms with Crippen molar-refractivity contribution in [2.24, 2.45) is 7.05 Å². The van der Waals surface area contributed by atoms with E-state index in [-0.39, 0.29) is 5.04 Å². The summed E-state index contributed by atoms with van der Waals surface area (Å²) < 4.78 is 9.85. The van der Waals surface area contributed by atoms with Crippen LogP contribution in [0.4, 0.5) is 5.82 Å². The molecule has 0 aromatic carbocycles. The molecule has 2 atom stereocenters. The van der Waals surface area contributed by atoms with E-state index in [1.807, 2.05) is 31.7 Å². The lowest BCUT2D eigenvalue weighted by atomic mass is 9.83. The van der Waals surface area contributed by atoms with Gasteiger partial charge in [-0.3, -0.25) is 4.68 Å². The summed E-state index contributed by atoms with van der Waals surface area (Å²) in [5.41, 5.74) is 10.2. The van der Waals surface area contributed by atoms with Gasteiger partial charge in [0, 0.05) is 61.2 Å². The third kappa shape index (κ3) is 5.15. The summed E-state index contributed by atoms with van der Waals surface area (Å²) in [4.78, 5) is 5.03. The number of fused-ring (bicyclic) bond motifs is 1. The number of nitrogens with one attached hydrogen (secondary N) is 1. The van der Waals surface area contributed by atoms with Crippen LogP contribution in [0.2, 0.25) is 18.1 Å². The zero-order chi connectivity index (χ0) is 23.8. The summed E-state index contributed by atoms with van der Waals surface area (Å²) in [6.45, 7) is 13.2. The number of aryl methyl sites for hydroxylation is 1. The van der Waals surface area contributed by atoms with Crippen molar-refractivity contribution in [1.29, 1.82) is 0 Å². The summed E-state index contributed by atoms with van der Waals surface area (Å²) in [5.74, 6) is 1.02. The second-order valence-electron chi connectivity index (χ2n) is 10.9. The lowest BCUT2D eigenvalue weighted by Crippen LogP contribution is -2.43. The topological polar surface area (TPSA) is 95.3 Å². The summed E-state index contributed by atoms with van der Waals surface area (Å²) >= 11 is 0. The molecule has 3 aromatic rings. The van der Waals surface area contributed by atoms with E-state index in [4.69, 9.17) is 15.1 Å². The van der Waals surface area contributed by atoms with Gasteiger partial charge in [0.25, 0.3) is 0 Å². The monoisotopic (exact) mass is 469 g/mol. The van der Waals surface area contributed by atoms with E-state index in [0.29, 0.717) is 17.8 Å². The maximum Gasteiger partial charge on any atom is 0.192 e. The first kappa shape index (κ1) is 23.9. The number of aromatic nitrogens is 5. The average Bonchev–Trinajstić information content (AvgIpc) is 3.37. The molecule has 3 N–H and O–H groups in total. The lowest BCUT2D eigenvalue weighted by molar-refractivity contribution is 0.262. The first-order valence-electron chi connectivity index (χ1n) is 12.1. The van der Waals surface area contributed by atoms with Crippen molar-refractivity contribution >= 4 is 19.8 Å². The molecule has 1 fully saturated rings. The Morgan fingerprint density at radius 3 is 2.70 bits per heavy atom. The molecule has 1 aliphatic rings. The van der Waals surface area contributed by atoms with Gasteiger partial charge in [0.1, 0.15) is 5.82 Å². The standard InChI is InChI=1S/C24H39N7OSi/c1-24(2,3)33(5,6)32-11-10-26-19-9-7-8-17(12-19)21-13-22(25)31-23(29-21)20(15-28-31)18-14-27-30(4)16-18/h13-17,19,26H,7-12,25H2,1-6H3/t17-,19+/m0/s1. The first-order valence-corrected chi connectivity index (χ1v) is 15.0. The molecule has 0 saturated heterocycles. The van der Waals surface area contributed by atoms with Gasteiger partial charge in [0.2, 0.25) is 0 Å². The predicted octanol–water partition coefficient (Wildman–Crippen LogP) is 4.35. The highest BCUT2D eigenvalue weighted by atomic mass is 28.4. The molecule has 4 rings (SSSR count). The molecule has 3 heterocycles. The Labute approximate surface area is 198 Å². The molecule has 180 valence electrons. The van der Waals surface area contributed by atoms with Crippen molar-refractivity contribution in [3.63, 3.8) is 0 Å². The van der Waals surface area contributed by atoms with E-state index < -0.39 is 8.32 Å². The Morgan fingerprint density at radius 2 is 2.00 bits per heavy atom. The number of anilines is 1. The molecule has 0 spiro atoms. The normalized spacial score (nSPS) is 19.9. The van der Waals surface area contributed by atoms with E-state index in [1.165, 1.54) is 12.8 Å². The van der Waals surface area contributed by atoms with Gasteiger partial charge in [0.05, 0.1) is 12.4 Å². The van der Waals surface area contributed by atoms with Crippen molar-refractivity contribution in [1.82, 2.24) is 29.7 Å². The SMILES string of the molecule is Cn1cc(-c2cnn3c(N)cc([C@H]4CCC[C@@H](NCCO[Si](C)(C)C(C)(C)C)C4)nc23)cn1. The van der Waals surface area contributed by atoms with Crippen LogP contribution in [0.3, 0.4) is 0 Å². The van der Waals surface area contributed by atoms with Crippen LogP contribution in [0.1, 0.15) is 58.1 Å². The average molecular weight is 470 g/mol. The molecule has 9 heteroatoms. The molecule has 8 nitrogen and oxygen atoms in total. The smallest absolute Gasteiger partial charge is 0.192 e. The number of nitrogen functional groups attached to an aromatic ring is 1. The van der Waals surface area contributed by atoms with Crippen molar-refractivity contribution in [3.05, 3.63) is 30.4 Å². The van der Waals surface area contributed by atoms with Gasteiger partial charge >= 0.3 is 0 Å². The van der Waals surface area contributed by atoms with E-state index >= 15 is 0 Å². The third-order valence-electron chi connectivity index (χ3n) is 7.43. The number of nitrogens with two attached hydrogens (primary N) is 1. The van der Waals surface area contributed by atoms with Crippen LogP contribution in [-0.4, -0.2) is 51.9 Å². The van der Waals surface area contributed by atoms with Gasteiger partial charge in [-0.05, 0) is 37.4 Å². The zero-order valence-corrected chi connectivity index (χ0v) is 21.9. The summed E-state index contributed by atoms with van der Waals surface area (Å²) in [7, 11) is 0.218. The fourth-order valence-corrected chi connectivity index (χ4v) is 5.45. The Balaban J connectivity index is 1.43. The van der Waals surface area contributed by atoms with Gasteiger partial charge in [-0.25, -0.2) is 4.98 Å². The quantitative estimate of drug-likeness (QED) is 0.395. The molecule has 33 heavy (non-hydrogen) atoms. The van der Waals surface area contributed by atoms with Crippen LogP contribution >= 0.6 is 0 Å². The van der Waals surface area contributed by atoms with Crippen LogP contribution in [0.25, 0.3) is 16.8 Å². The molecular weight excluding hydrogens is 430 g/mol. The molecule has 0 radical (unpaired) electrons. The van der Waals surface area contributed by atoms with Gasteiger partial charge < -0.3 is 15.5 Å². The molecule has 3 aromatic heterocycles. The predicted molar refractivity (Wildman–Crippen MR) is 136 cm³/mol. The van der Waals surface area contributed by atoms with Crippen molar-refractivity contribution in [2.75, 3.05) is 18.9 Å². The highest BCUT2D eigenvalue weighted by Crippen LogP contribution is 2.37. The van der Waals surface area contributed by atoms with E-state index in [0.717, 1.165) is 48.5 Å². The largest absolute Gasteiger partial charge is 0.416 e. The highest BCUT2D eigenvalue weighted by molar-refractivity contribution is 6.74. The van der Waals surface area contributed by atoms with Gasteiger partial charge in [0.15, 0.2) is 14.0 Å². The van der Waals surface area contributed by atoms with Crippen LogP contribution in [0.15, 0.2) is 24.7 Å². The number of hydrogen-bond donors (Lipinski definition) is 2. The summed E-state index contributed by atoms with van der Waals surface area (Å²) in [6, 6.07) is 2.48. The molecule has 0 bridgehead atoms. The van der Waals surface area contributed by atoms with Crippen LogP contribution in [0, 0.1) is 0 Å². The third-order valence-corrected chi connectivity index (χ3v) is 12.0. The van der Waals surface area contributed by atoms with Crippen LogP contribution < -0.4 is 11.1 Å². The molecule has 0 aliphatic heterocycles. The summed E-state index contributed by atoms with van der Waals surface area (Å²) in [5, 5.41) is 12.7. The molecule has 1 aliphatic carbocycles. The Bertz CT molecular complexity index is 1100. The highest BCUT2D eigenvalue weighted by Gasteiger charge is 2.37. The zero-order valence-electron chi connectivity index (χ0n) is 20.9. The van der Waals surface area contributed by atoms with Crippen molar-refractivity contribution in [2.45, 2.75) is 76.5 Å². The lowest BCUT2D eigenvalue weighted by Gasteiger charge is -2.36. The number of rotatable bonds is 7. The van der Waals surface area contributed by atoms with Gasteiger partial charge in [-0.15, -0.1) is 0 Å². The Hall–Kier alpha value is -2.23. The second-order valence-corrected chi connectivity index (χ2v) is 15.7. The minimum absolute atomic E-state index is 0.246. The van der Waals surface area contributed by atoms with E-state index in [1.54, 1.807) is 9.20 Å². The first-order chi connectivity index (χ1) is 15.5. The number of hydrogen-bond acceptors (Lipinski definition) is 6. The van der Waals surface area contributed by atoms with Crippen molar-refractivity contribution in [3.8, 4) is 11.1 Å². The molecule has 1 saturated carbocycles. The van der Waals surface area contributed by atoms with Crippen molar-refractivity contribution < 1.29 is 4.43 Å². The van der Waals surface area contributed by atoms with Crippen LogP contribution in [-0.2, 0) is 11.5 Å². The molecule has 0 unspecified atom stereocenters. The maximum atomic E-state index is 6.38. The van der Waals surface area contributed by atoms with Gasteiger partial charge in [-0.2, -0.15) is 14.7 Å². The van der Waals surface area contributed by atoms with Gasteiger partial charge in [-0.1, -0.05) is 27.2 Å². The molecule has 0 amide bonds. The van der Waals surface area contributed by atoms with E-state index in [2.05, 4.69) is 49.4 Å². The second kappa shape index (κ2) is 9.19. The Kier molecular flexibility index (Phi) is 6.66. The molecular formula is C24H39N7OSi. The van der Waals surface area contributed by atoms with E-state index in [9.17, 15) is 0 Å². The number of nitrogens with zero attached hydrogens (tertiary/aromatic N) is 5. The fourth-order valence-electron chi connectivity index (χ4n) is 4.41. The maximum absolute atomic E-state index is 6.38. The fraction of sp³-hybridized carbons (Fsp3) is 0.625.